The number of rotatable bonds is 7. The molecule has 1 aliphatic rings. The highest BCUT2D eigenvalue weighted by molar-refractivity contribution is 7.89. The summed E-state index contributed by atoms with van der Waals surface area (Å²) in [4.78, 5) is 24.4. The molecule has 162 valence electrons. The van der Waals surface area contributed by atoms with Crippen LogP contribution in [0, 0.1) is 5.82 Å². The third-order valence-corrected chi connectivity index (χ3v) is 6.47. The van der Waals surface area contributed by atoms with Crippen LogP contribution >= 0.6 is 0 Å². The van der Waals surface area contributed by atoms with Crippen LogP contribution in [0.15, 0.2) is 41.4 Å². The van der Waals surface area contributed by atoms with Crippen molar-refractivity contribution < 1.29 is 27.1 Å². The fourth-order valence-electron chi connectivity index (χ4n) is 3.01. The largest absolute Gasteiger partial charge is 0.379 e. The minimum atomic E-state index is -3.70. The summed E-state index contributed by atoms with van der Waals surface area (Å²) in [5.41, 5.74) is 0.361. The molecule has 2 amide bonds. The number of sulfonamides is 1. The Kier molecular flexibility index (Phi) is 6.85. The molecule has 1 aromatic heterocycles. The molecule has 1 aromatic carbocycles. The van der Waals surface area contributed by atoms with Gasteiger partial charge in [0, 0.05) is 45.0 Å². The average molecular weight is 438 g/mol. The second kappa shape index (κ2) is 9.37. The summed E-state index contributed by atoms with van der Waals surface area (Å²) in [5.74, 6) is -1.44. The summed E-state index contributed by atoms with van der Waals surface area (Å²) >= 11 is 0. The van der Waals surface area contributed by atoms with Gasteiger partial charge in [0.15, 0.2) is 0 Å². The Balaban J connectivity index is 1.55. The van der Waals surface area contributed by atoms with Gasteiger partial charge in [0.2, 0.25) is 10.0 Å². The van der Waals surface area contributed by atoms with Gasteiger partial charge >= 0.3 is 0 Å². The van der Waals surface area contributed by atoms with Gasteiger partial charge in [-0.25, -0.2) is 12.8 Å². The first-order valence-electron chi connectivity index (χ1n) is 9.35. The molecular formula is C19H23FN4O5S. The lowest BCUT2D eigenvalue weighted by atomic mass is 10.2. The van der Waals surface area contributed by atoms with E-state index in [1.807, 2.05) is 0 Å². The van der Waals surface area contributed by atoms with Crippen molar-refractivity contribution in [2.75, 3.05) is 39.4 Å². The Morgan fingerprint density at radius 3 is 2.43 bits per heavy atom. The van der Waals surface area contributed by atoms with Gasteiger partial charge in [-0.05, 0) is 24.3 Å². The third kappa shape index (κ3) is 5.04. The van der Waals surface area contributed by atoms with Gasteiger partial charge in [-0.15, -0.1) is 0 Å². The second-order valence-corrected chi connectivity index (χ2v) is 8.65. The molecule has 1 aliphatic heterocycles. The van der Waals surface area contributed by atoms with Crippen LogP contribution in [0.2, 0.25) is 0 Å². The molecule has 0 unspecified atom stereocenters. The number of morpholine rings is 1. The van der Waals surface area contributed by atoms with E-state index in [2.05, 4.69) is 10.6 Å². The van der Waals surface area contributed by atoms with E-state index >= 15 is 0 Å². The number of aryl methyl sites for hydroxylation is 1. The lowest BCUT2D eigenvalue weighted by Crippen LogP contribution is -2.40. The predicted octanol–water partition coefficient (Wildman–Crippen LogP) is 0.345. The van der Waals surface area contributed by atoms with Crippen LogP contribution in [0.5, 0.6) is 0 Å². The Labute approximate surface area is 173 Å². The van der Waals surface area contributed by atoms with Crippen LogP contribution in [-0.2, 0) is 21.8 Å². The van der Waals surface area contributed by atoms with Crippen molar-refractivity contribution in [3.05, 3.63) is 53.6 Å². The van der Waals surface area contributed by atoms with Crippen molar-refractivity contribution in [2.45, 2.75) is 4.90 Å². The van der Waals surface area contributed by atoms with Crippen molar-refractivity contribution in [1.29, 1.82) is 0 Å². The number of carbonyl (C=O) groups is 2. The quantitative estimate of drug-likeness (QED) is 0.606. The van der Waals surface area contributed by atoms with Crippen LogP contribution in [0.1, 0.15) is 20.8 Å². The number of benzene rings is 1. The van der Waals surface area contributed by atoms with Gasteiger partial charge < -0.3 is 19.9 Å². The molecule has 0 bridgehead atoms. The molecule has 11 heteroatoms. The summed E-state index contributed by atoms with van der Waals surface area (Å²) in [6.45, 7) is 1.45. The van der Waals surface area contributed by atoms with Gasteiger partial charge in [-0.3, -0.25) is 9.59 Å². The molecule has 0 spiro atoms. The number of aromatic nitrogens is 1. The smallest absolute Gasteiger partial charge is 0.268 e. The van der Waals surface area contributed by atoms with Crippen LogP contribution in [-0.4, -0.2) is 68.5 Å². The van der Waals surface area contributed by atoms with Crippen molar-refractivity contribution in [1.82, 2.24) is 19.5 Å². The van der Waals surface area contributed by atoms with E-state index in [4.69, 9.17) is 4.74 Å². The molecule has 0 radical (unpaired) electrons. The van der Waals surface area contributed by atoms with Crippen LogP contribution < -0.4 is 10.6 Å². The zero-order chi connectivity index (χ0) is 21.7. The van der Waals surface area contributed by atoms with E-state index in [0.717, 1.165) is 6.07 Å². The molecule has 3 rings (SSSR count). The third-order valence-electron chi connectivity index (χ3n) is 4.60. The van der Waals surface area contributed by atoms with E-state index in [9.17, 15) is 22.4 Å². The van der Waals surface area contributed by atoms with Crippen LogP contribution in [0.4, 0.5) is 4.39 Å². The van der Waals surface area contributed by atoms with E-state index in [1.165, 1.54) is 39.3 Å². The number of amides is 2. The number of hydrogen-bond acceptors (Lipinski definition) is 5. The summed E-state index contributed by atoms with van der Waals surface area (Å²) in [6.07, 6.45) is 1.39. The highest BCUT2D eigenvalue weighted by atomic mass is 32.2. The van der Waals surface area contributed by atoms with Crippen LogP contribution in [0.3, 0.4) is 0 Å². The van der Waals surface area contributed by atoms with E-state index in [-0.39, 0.29) is 42.3 Å². The average Bonchev–Trinajstić information content (AvgIpc) is 3.14. The molecule has 1 saturated heterocycles. The molecule has 1 fully saturated rings. The number of carbonyl (C=O) groups excluding carboxylic acids is 2. The normalized spacial score (nSPS) is 15.0. The van der Waals surface area contributed by atoms with Crippen LogP contribution in [0.25, 0.3) is 0 Å². The van der Waals surface area contributed by atoms with E-state index in [0.29, 0.717) is 13.2 Å². The van der Waals surface area contributed by atoms with Gasteiger partial charge in [0.1, 0.15) is 16.4 Å². The molecule has 0 atom stereocenters. The SMILES string of the molecule is Cn1cc(S(=O)(=O)N2CCOCC2)cc1C(=O)NCCNC(=O)c1cccc(F)c1. The topological polar surface area (TPSA) is 110 Å². The first-order chi connectivity index (χ1) is 14.3. The maximum Gasteiger partial charge on any atom is 0.268 e. The number of nitrogens with zero attached hydrogens (tertiary/aromatic N) is 2. The lowest BCUT2D eigenvalue weighted by Gasteiger charge is -2.25. The molecule has 2 heterocycles. The number of nitrogens with one attached hydrogen (secondary N) is 2. The molecule has 2 aromatic rings. The monoisotopic (exact) mass is 438 g/mol. The molecular weight excluding hydrogens is 415 g/mol. The number of halogens is 1. The molecule has 0 aliphatic carbocycles. The molecule has 0 saturated carbocycles. The van der Waals surface area contributed by atoms with Crippen molar-refractivity contribution in [2.24, 2.45) is 7.05 Å². The van der Waals surface area contributed by atoms with Crippen molar-refractivity contribution in [3.8, 4) is 0 Å². The molecule has 9 nitrogen and oxygen atoms in total. The van der Waals surface area contributed by atoms with Crippen molar-refractivity contribution >= 4 is 21.8 Å². The fraction of sp³-hybridized carbons (Fsp3) is 0.368. The highest BCUT2D eigenvalue weighted by Gasteiger charge is 2.28. The van der Waals surface area contributed by atoms with Gasteiger partial charge in [-0.1, -0.05) is 6.07 Å². The predicted molar refractivity (Wildman–Crippen MR) is 106 cm³/mol. The van der Waals surface area contributed by atoms with E-state index < -0.39 is 27.7 Å². The molecule has 2 N–H and O–H groups in total. The standard InChI is InChI=1S/C19H23FN4O5S/c1-23-13-16(30(27,28)24-7-9-29-10-8-24)12-17(23)19(26)22-6-5-21-18(25)14-3-2-4-15(20)11-14/h2-4,11-13H,5-10H2,1H3,(H,21,25)(H,22,26). The summed E-state index contributed by atoms with van der Waals surface area (Å²) < 4.78 is 46.5. The van der Waals surface area contributed by atoms with E-state index in [1.54, 1.807) is 7.05 Å². The maximum atomic E-state index is 13.2. The Morgan fingerprint density at radius 1 is 1.10 bits per heavy atom. The van der Waals surface area contributed by atoms with Crippen molar-refractivity contribution in [3.63, 3.8) is 0 Å². The zero-order valence-electron chi connectivity index (χ0n) is 16.4. The summed E-state index contributed by atoms with van der Waals surface area (Å²) in [7, 11) is -2.12. The highest BCUT2D eigenvalue weighted by Crippen LogP contribution is 2.19. The minimum absolute atomic E-state index is 0.0384. The Bertz CT molecular complexity index is 1030. The van der Waals surface area contributed by atoms with Gasteiger partial charge in [-0.2, -0.15) is 4.31 Å². The lowest BCUT2D eigenvalue weighted by molar-refractivity contribution is 0.0730. The maximum absolute atomic E-state index is 13.2. The number of hydrogen-bond donors (Lipinski definition) is 2. The minimum Gasteiger partial charge on any atom is -0.379 e. The Morgan fingerprint density at radius 2 is 1.77 bits per heavy atom. The number of ether oxygens (including phenoxy) is 1. The summed E-state index contributed by atoms with van der Waals surface area (Å²) in [6, 6.07) is 6.60. The second-order valence-electron chi connectivity index (χ2n) is 6.71. The van der Waals surface area contributed by atoms with Gasteiger partial charge in [0.25, 0.3) is 11.8 Å². The zero-order valence-corrected chi connectivity index (χ0v) is 17.2. The first-order valence-corrected chi connectivity index (χ1v) is 10.8. The fourth-order valence-corrected chi connectivity index (χ4v) is 4.49. The Hall–Kier alpha value is -2.76. The molecule has 30 heavy (non-hydrogen) atoms. The first kappa shape index (κ1) is 21.9. The van der Waals surface area contributed by atoms with Gasteiger partial charge in [0.05, 0.1) is 13.2 Å². The summed E-state index contributed by atoms with van der Waals surface area (Å²) in [5, 5.41) is 5.20.